The largest absolute Gasteiger partial charge is 0.337 e. The smallest absolute Gasteiger partial charge is 0.188 e. The lowest BCUT2D eigenvalue weighted by Crippen LogP contribution is -1.64. The highest BCUT2D eigenvalue weighted by molar-refractivity contribution is 7.73. The van der Waals surface area contributed by atoms with E-state index in [2.05, 4.69) is 9.83 Å². The van der Waals surface area contributed by atoms with Crippen LogP contribution in [0, 0.1) is 10.5 Å². The van der Waals surface area contributed by atoms with Gasteiger partial charge < -0.3 is 4.98 Å². The number of nitrogens with zero attached hydrogens (tertiary/aromatic N) is 1. The summed E-state index contributed by atoms with van der Waals surface area (Å²) in [7, 11) is 0. The predicted octanol–water partition coefficient (Wildman–Crippen LogP) is 3.51. The molecule has 1 N–H and O–H groups in total. The van der Waals surface area contributed by atoms with Crippen LogP contribution in [-0.4, -0.2) is 4.98 Å². The molecule has 2 nitrogen and oxygen atoms in total. The van der Waals surface area contributed by atoms with Crippen LogP contribution in [0.25, 0.3) is 15.1 Å². The van der Waals surface area contributed by atoms with Crippen LogP contribution in [-0.2, 0) is 0 Å². The summed E-state index contributed by atoms with van der Waals surface area (Å²) >= 11 is 6.48. The number of benzene rings is 1. The zero-order valence-corrected chi connectivity index (χ0v) is 7.63. The molecule has 0 spiro atoms. The highest BCUT2D eigenvalue weighted by atomic mass is 32.1. The van der Waals surface area contributed by atoms with E-state index >= 15 is 0 Å². The average Bonchev–Trinajstić information content (AvgIpc) is 2.43. The van der Waals surface area contributed by atoms with Crippen LogP contribution in [0.1, 0.15) is 0 Å². The molecule has 0 bridgehead atoms. The third-order valence-corrected chi connectivity index (χ3v) is 2.73. The molecule has 1 aromatic heterocycles. The van der Waals surface area contributed by atoms with Crippen LogP contribution in [0.15, 0.2) is 18.2 Å². The summed E-state index contributed by atoms with van der Waals surface area (Å²) in [5.41, 5.74) is 1.67. The first-order valence-electron chi connectivity index (χ1n) is 3.30. The molecule has 0 aliphatic heterocycles. The monoisotopic (exact) mass is 192 g/mol. The standard InChI is InChI=1S/C8H4N2S2/c1-9-5-2-3-6-7(4-5)12-8(11)10-6/h2-4H,(H,10,11). The summed E-state index contributed by atoms with van der Waals surface area (Å²) in [6.45, 7) is 6.82. The van der Waals surface area contributed by atoms with E-state index in [0.717, 1.165) is 14.2 Å². The van der Waals surface area contributed by atoms with Crippen molar-refractivity contribution in [1.29, 1.82) is 0 Å². The van der Waals surface area contributed by atoms with Crippen LogP contribution < -0.4 is 0 Å². The number of thiazole rings is 1. The second kappa shape index (κ2) is 2.70. The van der Waals surface area contributed by atoms with Gasteiger partial charge in [0.1, 0.15) is 0 Å². The Morgan fingerprint density at radius 1 is 1.50 bits per heavy atom. The van der Waals surface area contributed by atoms with Gasteiger partial charge >= 0.3 is 0 Å². The van der Waals surface area contributed by atoms with E-state index in [1.165, 1.54) is 11.3 Å². The third-order valence-electron chi connectivity index (χ3n) is 1.53. The van der Waals surface area contributed by atoms with Crippen LogP contribution in [0.2, 0.25) is 0 Å². The lowest BCUT2D eigenvalue weighted by molar-refractivity contribution is 1.47. The molecule has 0 saturated heterocycles. The Hall–Kier alpha value is -1.18. The van der Waals surface area contributed by atoms with Gasteiger partial charge in [0.2, 0.25) is 0 Å². The van der Waals surface area contributed by atoms with E-state index < -0.39 is 0 Å². The number of H-pyrrole nitrogens is 1. The molecule has 0 aliphatic rings. The summed E-state index contributed by atoms with van der Waals surface area (Å²) < 4.78 is 1.81. The molecule has 2 aromatic rings. The molecule has 0 aliphatic carbocycles. The summed E-state index contributed by atoms with van der Waals surface area (Å²) in [4.78, 5) is 6.38. The Morgan fingerprint density at radius 3 is 3.08 bits per heavy atom. The van der Waals surface area contributed by atoms with Gasteiger partial charge in [0.05, 0.1) is 12.1 Å². The normalized spacial score (nSPS) is 9.92. The highest BCUT2D eigenvalue weighted by Crippen LogP contribution is 2.24. The molecule has 0 amide bonds. The number of hydrogen-bond donors (Lipinski definition) is 1. The Morgan fingerprint density at radius 2 is 2.33 bits per heavy atom. The van der Waals surface area contributed by atoms with Crippen molar-refractivity contribution in [3.05, 3.63) is 33.6 Å². The number of fused-ring (bicyclic) bond motifs is 1. The SMILES string of the molecule is [C-]#[N+]c1ccc2[nH]c(=S)sc2c1. The lowest BCUT2D eigenvalue weighted by atomic mass is 10.3. The van der Waals surface area contributed by atoms with Gasteiger partial charge in [-0.15, -0.1) is 11.3 Å². The number of aromatic nitrogens is 1. The van der Waals surface area contributed by atoms with Gasteiger partial charge in [-0.25, -0.2) is 4.85 Å². The van der Waals surface area contributed by atoms with Crippen molar-refractivity contribution >= 4 is 39.5 Å². The topological polar surface area (TPSA) is 20.1 Å². The average molecular weight is 192 g/mol. The molecule has 0 saturated carbocycles. The van der Waals surface area contributed by atoms with Crippen molar-refractivity contribution in [3.63, 3.8) is 0 Å². The first-order chi connectivity index (χ1) is 5.79. The lowest BCUT2D eigenvalue weighted by Gasteiger charge is -1.87. The fourth-order valence-corrected chi connectivity index (χ4v) is 2.15. The maximum atomic E-state index is 6.82. The molecule has 0 fully saturated rings. The second-order valence-corrected chi connectivity index (χ2v) is 4.03. The van der Waals surface area contributed by atoms with Crippen LogP contribution in [0.3, 0.4) is 0 Å². The number of rotatable bonds is 0. The molecule has 12 heavy (non-hydrogen) atoms. The minimum absolute atomic E-state index is 0.660. The van der Waals surface area contributed by atoms with E-state index in [-0.39, 0.29) is 0 Å². The van der Waals surface area contributed by atoms with E-state index in [0.29, 0.717) is 5.69 Å². The minimum Gasteiger partial charge on any atom is -0.337 e. The van der Waals surface area contributed by atoms with Gasteiger partial charge in [-0.3, -0.25) is 0 Å². The van der Waals surface area contributed by atoms with Crippen molar-refractivity contribution in [2.75, 3.05) is 0 Å². The van der Waals surface area contributed by atoms with Crippen molar-refractivity contribution in [2.45, 2.75) is 0 Å². The first kappa shape index (κ1) is 7.47. The van der Waals surface area contributed by atoms with Gasteiger partial charge in [-0.2, -0.15) is 0 Å². The maximum Gasteiger partial charge on any atom is 0.188 e. The van der Waals surface area contributed by atoms with Crippen LogP contribution in [0.5, 0.6) is 0 Å². The zero-order valence-electron chi connectivity index (χ0n) is 6.00. The van der Waals surface area contributed by atoms with Gasteiger partial charge in [0.15, 0.2) is 9.64 Å². The fourth-order valence-electron chi connectivity index (χ4n) is 1.00. The predicted molar refractivity (Wildman–Crippen MR) is 53.3 cm³/mol. The highest BCUT2D eigenvalue weighted by Gasteiger charge is 1.97. The van der Waals surface area contributed by atoms with Crippen molar-refractivity contribution in [1.82, 2.24) is 4.98 Å². The van der Waals surface area contributed by atoms with Crippen molar-refractivity contribution in [2.24, 2.45) is 0 Å². The molecule has 1 heterocycles. The number of aromatic amines is 1. The van der Waals surface area contributed by atoms with E-state index in [4.69, 9.17) is 18.8 Å². The molecular formula is C8H4N2S2. The maximum absolute atomic E-state index is 6.82. The molecule has 0 radical (unpaired) electrons. The van der Waals surface area contributed by atoms with Gasteiger partial charge in [0.25, 0.3) is 0 Å². The van der Waals surface area contributed by atoms with Gasteiger partial charge in [-0.1, -0.05) is 6.07 Å². The minimum atomic E-state index is 0.660. The van der Waals surface area contributed by atoms with Gasteiger partial charge in [-0.05, 0) is 24.4 Å². The van der Waals surface area contributed by atoms with Crippen LogP contribution >= 0.6 is 23.6 Å². The Kier molecular flexibility index (Phi) is 1.68. The second-order valence-electron chi connectivity index (χ2n) is 2.31. The van der Waals surface area contributed by atoms with Crippen molar-refractivity contribution < 1.29 is 0 Å². The first-order valence-corrected chi connectivity index (χ1v) is 4.52. The summed E-state index contributed by atoms with van der Waals surface area (Å²) in [6, 6.07) is 5.52. The third kappa shape index (κ3) is 1.13. The van der Waals surface area contributed by atoms with Gasteiger partial charge in [0, 0.05) is 4.70 Å². The molecule has 4 heteroatoms. The van der Waals surface area contributed by atoms with E-state index in [1.807, 2.05) is 12.1 Å². The number of hydrogen-bond acceptors (Lipinski definition) is 2. The molecule has 1 aromatic carbocycles. The molecule has 58 valence electrons. The summed E-state index contributed by atoms with van der Waals surface area (Å²) in [5.74, 6) is 0. The quantitative estimate of drug-likeness (QED) is 0.500. The van der Waals surface area contributed by atoms with E-state index in [1.54, 1.807) is 6.07 Å². The molecular weight excluding hydrogens is 188 g/mol. The fraction of sp³-hybridized carbons (Fsp3) is 0. The summed E-state index contributed by atoms with van der Waals surface area (Å²) in [5, 5.41) is 0. The molecule has 0 unspecified atom stereocenters. The Balaban J connectivity index is 2.85. The Labute approximate surface area is 78.3 Å². The number of nitrogens with one attached hydrogen (secondary N) is 1. The Bertz CT molecular complexity index is 516. The van der Waals surface area contributed by atoms with Crippen molar-refractivity contribution in [3.8, 4) is 0 Å². The van der Waals surface area contributed by atoms with Crippen LogP contribution in [0.4, 0.5) is 5.69 Å². The van der Waals surface area contributed by atoms with E-state index in [9.17, 15) is 0 Å². The molecule has 0 atom stereocenters. The summed E-state index contributed by atoms with van der Waals surface area (Å²) in [6.07, 6.45) is 0. The zero-order chi connectivity index (χ0) is 8.55. The molecule has 2 rings (SSSR count).